The Bertz CT molecular complexity index is 397. The number of aliphatic carboxylic acids is 1. The fourth-order valence-electron chi connectivity index (χ4n) is 3.22. The summed E-state index contributed by atoms with van der Waals surface area (Å²) in [4.78, 5) is 25.3. The van der Waals surface area contributed by atoms with E-state index in [9.17, 15) is 14.7 Å². The fourth-order valence-corrected chi connectivity index (χ4v) is 3.22. The normalized spacial score (nSPS) is 29.5. The van der Waals surface area contributed by atoms with Crippen molar-refractivity contribution in [3.05, 3.63) is 0 Å². The maximum Gasteiger partial charge on any atom is 0.326 e. The molecule has 2 aliphatic rings. The molecular formula is C15H26N2O4. The molecule has 2 unspecified atom stereocenters. The molecule has 6 heteroatoms. The molecule has 2 rings (SSSR count). The summed E-state index contributed by atoms with van der Waals surface area (Å²) in [6, 6.07) is -0.883. The minimum atomic E-state index is -0.903. The lowest BCUT2D eigenvalue weighted by Crippen LogP contribution is -2.54. The highest BCUT2D eigenvalue weighted by Crippen LogP contribution is 2.24. The van der Waals surface area contributed by atoms with Gasteiger partial charge in [0.05, 0.1) is 5.60 Å². The summed E-state index contributed by atoms with van der Waals surface area (Å²) in [5.41, 5.74) is -0.235. The predicted molar refractivity (Wildman–Crippen MR) is 78.2 cm³/mol. The van der Waals surface area contributed by atoms with E-state index in [0.29, 0.717) is 19.6 Å². The Hall–Kier alpha value is -1.30. The summed E-state index contributed by atoms with van der Waals surface area (Å²) >= 11 is 0. The lowest BCUT2D eigenvalue weighted by atomic mass is 9.94. The van der Waals surface area contributed by atoms with E-state index in [-0.39, 0.29) is 17.7 Å². The van der Waals surface area contributed by atoms with Gasteiger partial charge in [0.15, 0.2) is 0 Å². The molecular weight excluding hydrogens is 272 g/mol. The van der Waals surface area contributed by atoms with Crippen LogP contribution in [-0.4, -0.2) is 52.8 Å². The van der Waals surface area contributed by atoms with Gasteiger partial charge in [-0.25, -0.2) is 9.59 Å². The third kappa shape index (κ3) is 4.33. The highest BCUT2D eigenvalue weighted by Gasteiger charge is 2.34. The van der Waals surface area contributed by atoms with E-state index in [0.717, 1.165) is 32.1 Å². The molecule has 21 heavy (non-hydrogen) atoms. The molecule has 0 spiro atoms. The van der Waals surface area contributed by atoms with Gasteiger partial charge in [-0.1, -0.05) is 12.8 Å². The molecule has 0 bridgehead atoms. The molecule has 0 aromatic carbocycles. The lowest BCUT2D eigenvalue weighted by Gasteiger charge is -2.37. The smallest absolute Gasteiger partial charge is 0.326 e. The number of ether oxygens (including phenoxy) is 1. The Labute approximate surface area is 125 Å². The van der Waals surface area contributed by atoms with E-state index >= 15 is 0 Å². The standard InChI is InChI=1S/C15H26N2O4/c1-15(2)10-11(7-9-21-15)16-14(20)17-8-5-3-4-6-12(17)13(18)19/h11-12H,3-10H2,1-2H3,(H,16,20)(H,18,19). The van der Waals surface area contributed by atoms with Gasteiger partial charge in [0.1, 0.15) is 6.04 Å². The number of amides is 2. The zero-order valence-corrected chi connectivity index (χ0v) is 12.9. The number of carbonyl (C=O) groups excluding carboxylic acids is 1. The van der Waals surface area contributed by atoms with Crippen molar-refractivity contribution in [1.82, 2.24) is 10.2 Å². The van der Waals surface area contributed by atoms with Crippen molar-refractivity contribution >= 4 is 12.0 Å². The van der Waals surface area contributed by atoms with Gasteiger partial charge >= 0.3 is 12.0 Å². The number of hydrogen-bond donors (Lipinski definition) is 2. The maximum atomic E-state index is 12.5. The molecule has 0 radical (unpaired) electrons. The molecule has 0 saturated carbocycles. The van der Waals surface area contributed by atoms with Gasteiger partial charge in [0, 0.05) is 19.2 Å². The summed E-state index contributed by atoms with van der Waals surface area (Å²) < 4.78 is 5.64. The van der Waals surface area contributed by atoms with Crippen molar-refractivity contribution in [3.8, 4) is 0 Å². The lowest BCUT2D eigenvalue weighted by molar-refractivity contribution is -0.142. The van der Waals surface area contributed by atoms with Crippen LogP contribution >= 0.6 is 0 Å². The topological polar surface area (TPSA) is 78.9 Å². The number of nitrogens with zero attached hydrogens (tertiary/aromatic N) is 1. The van der Waals surface area contributed by atoms with Gasteiger partial charge in [-0.05, 0) is 39.5 Å². The van der Waals surface area contributed by atoms with Crippen LogP contribution in [-0.2, 0) is 9.53 Å². The molecule has 0 aromatic rings. The van der Waals surface area contributed by atoms with Crippen LogP contribution in [0.1, 0.15) is 52.4 Å². The van der Waals surface area contributed by atoms with Crippen LogP contribution in [0.3, 0.4) is 0 Å². The number of hydrogen-bond acceptors (Lipinski definition) is 3. The second-order valence-corrected chi connectivity index (χ2v) is 6.64. The Kier molecular flexibility index (Phi) is 5.08. The molecule has 2 saturated heterocycles. The maximum absolute atomic E-state index is 12.5. The van der Waals surface area contributed by atoms with E-state index in [1.807, 2.05) is 13.8 Å². The minimum Gasteiger partial charge on any atom is -0.480 e. The SMILES string of the molecule is CC1(C)CC(NC(=O)N2CCCCCC2C(=O)O)CCO1. The quantitative estimate of drug-likeness (QED) is 0.817. The van der Waals surface area contributed by atoms with Gasteiger partial charge in [0.25, 0.3) is 0 Å². The van der Waals surface area contributed by atoms with Crippen molar-refractivity contribution < 1.29 is 19.4 Å². The van der Waals surface area contributed by atoms with Crippen molar-refractivity contribution in [1.29, 1.82) is 0 Å². The third-order valence-corrected chi connectivity index (χ3v) is 4.32. The van der Waals surface area contributed by atoms with Crippen LogP contribution in [0.2, 0.25) is 0 Å². The van der Waals surface area contributed by atoms with Crippen LogP contribution in [0.4, 0.5) is 4.79 Å². The van der Waals surface area contributed by atoms with Crippen LogP contribution in [0.25, 0.3) is 0 Å². The molecule has 2 amide bonds. The molecule has 0 aliphatic carbocycles. The van der Waals surface area contributed by atoms with Crippen LogP contribution in [0, 0.1) is 0 Å². The van der Waals surface area contributed by atoms with E-state index in [1.54, 1.807) is 0 Å². The molecule has 2 atom stereocenters. The molecule has 2 fully saturated rings. The summed E-state index contributed by atoms with van der Waals surface area (Å²) in [5, 5.41) is 12.3. The van der Waals surface area contributed by atoms with E-state index < -0.39 is 12.0 Å². The molecule has 2 N–H and O–H groups in total. The number of likely N-dealkylation sites (tertiary alicyclic amines) is 1. The summed E-state index contributed by atoms with van der Waals surface area (Å²) in [6.07, 6.45) is 4.80. The van der Waals surface area contributed by atoms with Crippen molar-refractivity contribution in [2.45, 2.75) is 70.1 Å². The highest BCUT2D eigenvalue weighted by atomic mass is 16.5. The zero-order valence-electron chi connectivity index (χ0n) is 12.9. The van der Waals surface area contributed by atoms with Crippen molar-refractivity contribution in [2.75, 3.05) is 13.2 Å². The van der Waals surface area contributed by atoms with Gasteiger partial charge in [-0.2, -0.15) is 0 Å². The molecule has 2 aliphatic heterocycles. The second-order valence-electron chi connectivity index (χ2n) is 6.64. The molecule has 0 aromatic heterocycles. The predicted octanol–water partition coefficient (Wildman–Crippen LogP) is 1.98. The summed E-state index contributed by atoms with van der Waals surface area (Å²) in [7, 11) is 0. The Morgan fingerprint density at radius 3 is 2.67 bits per heavy atom. The van der Waals surface area contributed by atoms with Gasteiger partial charge < -0.3 is 20.1 Å². The number of carboxylic acid groups (broad SMARTS) is 1. The highest BCUT2D eigenvalue weighted by molar-refractivity contribution is 5.82. The van der Waals surface area contributed by atoms with Gasteiger partial charge in [-0.15, -0.1) is 0 Å². The first-order valence-corrected chi connectivity index (χ1v) is 7.83. The molecule has 2 heterocycles. The second kappa shape index (κ2) is 6.64. The number of nitrogens with one attached hydrogen (secondary N) is 1. The largest absolute Gasteiger partial charge is 0.480 e. The Balaban J connectivity index is 1.98. The summed E-state index contributed by atoms with van der Waals surface area (Å²) in [6.45, 7) is 5.17. The van der Waals surface area contributed by atoms with Crippen molar-refractivity contribution in [2.24, 2.45) is 0 Å². The van der Waals surface area contributed by atoms with Gasteiger partial charge in [0.2, 0.25) is 0 Å². The van der Waals surface area contributed by atoms with Crippen molar-refractivity contribution in [3.63, 3.8) is 0 Å². The Morgan fingerprint density at radius 2 is 2.00 bits per heavy atom. The van der Waals surface area contributed by atoms with Gasteiger partial charge in [-0.3, -0.25) is 0 Å². The third-order valence-electron chi connectivity index (χ3n) is 4.32. The number of carboxylic acids is 1. The first-order chi connectivity index (χ1) is 9.89. The number of carbonyl (C=O) groups is 2. The van der Waals surface area contributed by atoms with E-state index in [4.69, 9.17) is 4.74 Å². The van der Waals surface area contributed by atoms with Crippen LogP contribution in [0.15, 0.2) is 0 Å². The average molecular weight is 298 g/mol. The number of urea groups is 1. The Morgan fingerprint density at radius 1 is 1.24 bits per heavy atom. The van der Waals surface area contributed by atoms with E-state index in [2.05, 4.69) is 5.32 Å². The summed E-state index contributed by atoms with van der Waals surface area (Å²) in [5.74, 6) is -0.903. The average Bonchev–Trinajstić information content (AvgIpc) is 2.62. The number of rotatable bonds is 2. The fraction of sp³-hybridized carbons (Fsp3) is 0.867. The van der Waals surface area contributed by atoms with Crippen LogP contribution in [0.5, 0.6) is 0 Å². The monoisotopic (exact) mass is 298 g/mol. The first kappa shape index (κ1) is 16.1. The van der Waals surface area contributed by atoms with Crippen LogP contribution < -0.4 is 5.32 Å². The first-order valence-electron chi connectivity index (χ1n) is 7.83. The minimum absolute atomic E-state index is 0.0546. The zero-order chi connectivity index (χ0) is 15.5. The molecule has 120 valence electrons. The van der Waals surface area contributed by atoms with E-state index in [1.165, 1.54) is 4.90 Å². The molecule has 6 nitrogen and oxygen atoms in total.